The molecule has 2 fully saturated rings. The lowest BCUT2D eigenvalue weighted by atomic mass is 9.88. The largest absolute Gasteiger partial charge is 0.404 e. The highest BCUT2D eigenvalue weighted by Gasteiger charge is 2.33. The standard InChI is InChI=1S/C26H27F2N5O/c1-14-3-7-21-24(20-8-4-18(27)11-22(20)28)32-25(33-26(21)31-14)16-9-15(2)34-23(10-16)17(12-29)13-30-19-5-6-19/h3-4,7-8,11-13,15-16,19,23H,5-6,9-10,29H2,1-2H3/b17-12+,30-13?/t15-,16+,23+/m0/s1. The Balaban J connectivity index is 1.56. The van der Waals surface area contributed by atoms with Gasteiger partial charge < -0.3 is 10.5 Å². The van der Waals surface area contributed by atoms with Crippen LogP contribution in [0.3, 0.4) is 0 Å². The molecule has 176 valence electrons. The Morgan fingerprint density at radius 1 is 1.12 bits per heavy atom. The van der Waals surface area contributed by atoms with Gasteiger partial charge in [-0.3, -0.25) is 4.99 Å². The number of hydrogen-bond donors (Lipinski definition) is 1. The first kappa shape index (κ1) is 22.5. The van der Waals surface area contributed by atoms with Crippen LogP contribution in [0.5, 0.6) is 0 Å². The van der Waals surface area contributed by atoms with Gasteiger partial charge >= 0.3 is 0 Å². The van der Waals surface area contributed by atoms with E-state index in [-0.39, 0.29) is 23.7 Å². The number of halogens is 2. The van der Waals surface area contributed by atoms with Gasteiger partial charge in [0.15, 0.2) is 5.65 Å². The van der Waals surface area contributed by atoms with Gasteiger partial charge in [-0.05, 0) is 63.8 Å². The molecule has 2 aliphatic rings. The second-order valence-corrected chi connectivity index (χ2v) is 9.16. The molecule has 0 unspecified atom stereocenters. The molecule has 1 aliphatic carbocycles. The molecule has 0 amide bonds. The Labute approximate surface area is 197 Å². The van der Waals surface area contributed by atoms with E-state index in [0.717, 1.165) is 30.2 Å². The Hall–Kier alpha value is -3.26. The van der Waals surface area contributed by atoms with Gasteiger partial charge in [-0.2, -0.15) is 0 Å². The van der Waals surface area contributed by atoms with E-state index in [1.165, 1.54) is 12.1 Å². The van der Waals surface area contributed by atoms with Crippen molar-refractivity contribution in [1.29, 1.82) is 0 Å². The second-order valence-electron chi connectivity index (χ2n) is 9.16. The maximum absolute atomic E-state index is 14.8. The average molecular weight is 464 g/mol. The van der Waals surface area contributed by atoms with Gasteiger partial charge in [0.25, 0.3) is 0 Å². The van der Waals surface area contributed by atoms with Crippen molar-refractivity contribution >= 4 is 17.2 Å². The number of ether oxygens (including phenoxy) is 1. The SMILES string of the molecule is Cc1ccc2c(-c3ccc(F)cc3F)nc([C@@H]3C[C@H](C)O[C@@H](/C(C=NC4CC4)=C/N)C3)nc2n1. The number of rotatable bonds is 5. The van der Waals surface area contributed by atoms with Crippen LogP contribution >= 0.6 is 0 Å². The van der Waals surface area contributed by atoms with Gasteiger partial charge in [-0.25, -0.2) is 23.7 Å². The van der Waals surface area contributed by atoms with E-state index in [1.54, 1.807) is 6.20 Å². The van der Waals surface area contributed by atoms with Crippen molar-refractivity contribution in [2.24, 2.45) is 10.7 Å². The number of nitrogens with zero attached hydrogens (tertiary/aromatic N) is 4. The van der Waals surface area contributed by atoms with Crippen LogP contribution in [-0.4, -0.2) is 39.4 Å². The predicted molar refractivity (Wildman–Crippen MR) is 128 cm³/mol. The van der Waals surface area contributed by atoms with Crippen molar-refractivity contribution in [3.8, 4) is 11.3 Å². The molecule has 0 bridgehead atoms. The fourth-order valence-corrected chi connectivity index (χ4v) is 4.41. The minimum atomic E-state index is -0.672. The van der Waals surface area contributed by atoms with Gasteiger partial charge in [0.2, 0.25) is 0 Å². The molecule has 5 rings (SSSR count). The maximum atomic E-state index is 14.8. The molecule has 1 aliphatic heterocycles. The van der Waals surface area contributed by atoms with Crippen LogP contribution in [0.1, 0.15) is 50.0 Å². The molecule has 1 saturated carbocycles. The van der Waals surface area contributed by atoms with E-state index in [1.807, 2.05) is 32.2 Å². The topological polar surface area (TPSA) is 86.3 Å². The Bertz CT molecular complexity index is 1290. The monoisotopic (exact) mass is 463 g/mol. The number of benzene rings is 1. The molecular weight excluding hydrogens is 436 g/mol. The summed E-state index contributed by atoms with van der Waals surface area (Å²) < 4.78 is 34.5. The summed E-state index contributed by atoms with van der Waals surface area (Å²) in [5.41, 5.74) is 8.66. The minimum absolute atomic E-state index is 0.0491. The first-order valence-electron chi connectivity index (χ1n) is 11.6. The number of aromatic nitrogens is 3. The molecule has 0 spiro atoms. The zero-order chi connectivity index (χ0) is 23.8. The number of hydrogen-bond acceptors (Lipinski definition) is 6. The molecule has 3 atom stereocenters. The van der Waals surface area contributed by atoms with E-state index in [9.17, 15) is 8.78 Å². The van der Waals surface area contributed by atoms with Gasteiger partial charge in [0.1, 0.15) is 17.5 Å². The van der Waals surface area contributed by atoms with Crippen LogP contribution in [0.15, 0.2) is 47.1 Å². The molecule has 0 radical (unpaired) electrons. The van der Waals surface area contributed by atoms with Crippen molar-refractivity contribution in [1.82, 2.24) is 15.0 Å². The normalized spacial score (nSPS) is 23.6. The van der Waals surface area contributed by atoms with Crippen LogP contribution in [0.4, 0.5) is 8.78 Å². The van der Waals surface area contributed by atoms with Gasteiger partial charge in [-0.15, -0.1) is 0 Å². The zero-order valence-electron chi connectivity index (χ0n) is 19.2. The zero-order valence-corrected chi connectivity index (χ0v) is 19.2. The van der Waals surface area contributed by atoms with Crippen molar-refractivity contribution in [2.75, 3.05) is 0 Å². The molecule has 1 aromatic carbocycles. The number of pyridine rings is 1. The Morgan fingerprint density at radius 3 is 2.68 bits per heavy atom. The quantitative estimate of drug-likeness (QED) is 0.538. The molecule has 3 heterocycles. The summed E-state index contributed by atoms with van der Waals surface area (Å²) in [5, 5.41) is 0.621. The highest BCUT2D eigenvalue weighted by atomic mass is 19.1. The van der Waals surface area contributed by atoms with E-state index in [4.69, 9.17) is 20.4 Å². The van der Waals surface area contributed by atoms with Crippen LogP contribution < -0.4 is 5.73 Å². The lowest BCUT2D eigenvalue weighted by molar-refractivity contribution is -0.0272. The maximum Gasteiger partial charge on any atom is 0.163 e. The highest BCUT2D eigenvalue weighted by molar-refractivity contribution is 5.90. The number of fused-ring (bicyclic) bond motifs is 1. The Kier molecular flexibility index (Phi) is 6.08. The lowest BCUT2D eigenvalue weighted by Crippen LogP contribution is -2.33. The number of aryl methyl sites for hydroxylation is 1. The summed E-state index contributed by atoms with van der Waals surface area (Å²) in [6.45, 7) is 3.89. The average Bonchev–Trinajstić information content (AvgIpc) is 3.63. The van der Waals surface area contributed by atoms with Crippen molar-refractivity contribution in [3.63, 3.8) is 0 Å². The number of nitrogens with two attached hydrogens (primary N) is 1. The molecule has 2 aromatic heterocycles. The highest BCUT2D eigenvalue weighted by Crippen LogP contribution is 2.37. The third-order valence-corrected chi connectivity index (χ3v) is 6.32. The first-order valence-corrected chi connectivity index (χ1v) is 11.6. The van der Waals surface area contributed by atoms with E-state index in [2.05, 4.69) is 9.98 Å². The van der Waals surface area contributed by atoms with Crippen LogP contribution in [0, 0.1) is 18.6 Å². The fraction of sp³-hybridized carbons (Fsp3) is 0.385. The van der Waals surface area contributed by atoms with Crippen molar-refractivity contribution in [2.45, 2.75) is 63.7 Å². The smallest absolute Gasteiger partial charge is 0.163 e. The molecule has 1 saturated heterocycles. The van der Waals surface area contributed by atoms with Crippen molar-refractivity contribution < 1.29 is 13.5 Å². The minimum Gasteiger partial charge on any atom is -0.404 e. The summed E-state index contributed by atoms with van der Waals surface area (Å²) >= 11 is 0. The predicted octanol–water partition coefficient (Wildman–Crippen LogP) is 5.01. The first-order chi connectivity index (χ1) is 16.4. The molecule has 2 N–H and O–H groups in total. The molecule has 3 aromatic rings. The second kappa shape index (κ2) is 9.18. The molecule has 6 nitrogen and oxygen atoms in total. The molecule has 8 heteroatoms. The van der Waals surface area contributed by atoms with Crippen LogP contribution in [0.25, 0.3) is 22.3 Å². The van der Waals surface area contributed by atoms with E-state index < -0.39 is 11.6 Å². The summed E-state index contributed by atoms with van der Waals surface area (Å²) in [4.78, 5) is 18.7. The molecular formula is C26H27F2N5O. The van der Waals surface area contributed by atoms with Gasteiger partial charge in [0.05, 0.1) is 23.9 Å². The number of aliphatic imine (C=N–C) groups is 1. The van der Waals surface area contributed by atoms with Crippen LogP contribution in [0.2, 0.25) is 0 Å². The summed E-state index contributed by atoms with van der Waals surface area (Å²) in [7, 11) is 0. The molecule has 34 heavy (non-hydrogen) atoms. The lowest BCUT2D eigenvalue weighted by Gasteiger charge is -2.33. The summed E-state index contributed by atoms with van der Waals surface area (Å²) in [6, 6.07) is 7.57. The summed E-state index contributed by atoms with van der Waals surface area (Å²) in [6.07, 6.45) is 6.63. The van der Waals surface area contributed by atoms with Crippen LogP contribution in [-0.2, 0) is 4.74 Å². The van der Waals surface area contributed by atoms with E-state index >= 15 is 0 Å². The Morgan fingerprint density at radius 2 is 1.94 bits per heavy atom. The van der Waals surface area contributed by atoms with E-state index in [0.29, 0.717) is 41.4 Å². The third kappa shape index (κ3) is 4.68. The fourth-order valence-electron chi connectivity index (χ4n) is 4.41. The van der Waals surface area contributed by atoms with Gasteiger partial charge in [-0.1, -0.05) is 0 Å². The summed E-state index contributed by atoms with van der Waals surface area (Å²) in [5.74, 6) is -0.787. The third-order valence-electron chi connectivity index (χ3n) is 6.32. The van der Waals surface area contributed by atoms with Crippen molar-refractivity contribution in [3.05, 3.63) is 65.3 Å². The van der Waals surface area contributed by atoms with Gasteiger partial charge in [0, 0.05) is 46.6 Å².